The van der Waals surface area contributed by atoms with E-state index in [9.17, 15) is 9.59 Å². The van der Waals surface area contributed by atoms with E-state index in [0.717, 1.165) is 12.8 Å². The Morgan fingerprint density at radius 2 is 2.24 bits per heavy atom. The van der Waals surface area contributed by atoms with Crippen LogP contribution in [-0.4, -0.2) is 56.4 Å². The molecule has 3 rings (SSSR count). The molecule has 7 nitrogen and oxygen atoms in total. The molecule has 0 bridgehead atoms. The van der Waals surface area contributed by atoms with Gasteiger partial charge in [-0.3, -0.25) is 14.7 Å². The standard InChI is InChI=1S/C14H21N5O2/c1-18(8-12-15-9-16-17-12)14(21)10-6-13(20)19(7-10)11-4-2-3-5-11/h9-11H,2-8H2,1H3,(H,15,16,17)/t10-/m0/s1. The number of H-pyrrole nitrogens is 1. The summed E-state index contributed by atoms with van der Waals surface area (Å²) in [7, 11) is 1.74. The van der Waals surface area contributed by atoms with Crippen LogP contribution in [0.15, 0.2) is 6.33 Å². The van der Waals surface area contributed by atoms with Crippen molar-refractivity contribution < 1.29 is 9.59 Å². The Bertz CT molecular complexity index is 509. The van der Waals surface area contributed by atoms with Gasteiger partial charge in [-0.2, -0.15) is 5.10 Å². The Balaban J connectivity index is 1.59. The van der Waals surface area contributed by atoms with E-state index in [0.29, 0.717) is 31.4 Å². The van der Waals surface area contributed by atoms with Gasteiger partial charge in [0.2, 0.25) is 11.8 Å². The highest BCUT2D eigenvalue weighted by Gasteiger charge is 2.39. The zero-order valence-electron chi connectivity index (χ0n) is 12.3. The number of rotatable bonds is 4. The number of carbonyl (C=O) groups excluding carboxylic acids is 2. The number of nitrogens with one attached hydrogen (secondary N) is 1. The molecule has 0 radical (unpaired) electrons. The molecule has 2 aliphatic rings. The molecule has 1 atom stereocenters. The van der Waals surface area contributed by atoms with Gasteiger partial charge in [-0.1, -0.05) is 12.8 Å². The molecule has 7 heteroatoms. The third kappa shape index (κ3) is 2.91. The molecule has 0 unspecified atom stereocenters. The lowest BCUT2D eigenvalue weighted by Crippen LogP contribution is -2.37. The van der Waals surface area contributed by atoms with E-state index in [1.165, 1.54) is 19.2 Å². The second-order valence-electron chi connectivity index (χ2n) is 6.01. The SMILES string of the molecule is CN(Cc1ncn[nH]1)C(=O)[C@H]1CC(=O)N(C2CCCC2)C1. The summed E-state index contributed by atoms with van der Waals surface area (Å²) in [4.78, 5) is 32.2. The fourth-order valence-electron chi connectivity index (χ4n) is 3.39. The molecular weight excluding hydrogens is 270 g/mol. The Kier molecular flexibility index (Phi) is 3.90. The van der Waals surface area contributed by atoms with Crippen LogP contribution < -0.4 is 0 Å². The van der Waals surface area contributed by atoms with Crippen molar-refractivity contribution in [1.82, 2.24) is 25.0 Å². The molecule has 1 saturated carbocycles. The minimum Gasteiger partial charge on any atom is -0.339 e. The van der Waals surface area contributed by atoms with Gasteiger partial charge in [-0.25, -0.2) is 4.98 Å². The molecule has 2 fully saturated rings. The molecule has 1 aliphatic heterocycles. The molecule has 1 aromatic heterocycles. The first kappa shape index (κ1) is 14.0. The van der Waals surface area contributed by atoms with Crippen LogP contribution in [0.1, 0.15) is 37.9 Å². The van der Waals surface area contributed by atoms with E-state index in [2.05, 4.69) is 15.2 Å². The van der Waals surface area contributed by atoms with Crippen LogP contribution in [0.2, 0.25) is 0 Å². The van der Waals surface area contributed by atoms with Crippen molar-refractivity contribution >= 4 is 11.8 Å². The van der Waals surface area contributed by atoms with Crippen LogP contribution in [0.5, 0.6) is 0 Å². The van der Waals surface area contributed by atoms with Crippen molar-refractivity contribution in [3.63, 3.8) is 0 Å². The monoisotopic (exact) mass is 291 g/mol. The molecule has 114 valence electrons. The van der Waals surface area contributed by atoms with Crippen LogP contribution in [0.3, 0.4) is 0 Å². The van der Waals surface area contributed by atoms with Gasteiger partial charge >= 0.3 is 0 Å². The number of carbonyl (C=O) groups is 2. The average Bonchev–Trinajstić information content (AvgIpc) is 3.17. The molecule has 1 N–H and O–H groups in total. The number of likely N-dealkylation sites (tertiary alicyclic amines) is 1. The largest absolute Gasteiger partial charge is 0.339 e. The minimum absolute atomic E-state index is 0.0141. The third-order valence-electron chi connectivity index (χ3n) is 4.50. The maximum absolute atomic E-state index is 12.5. The van der Waals surface area contributed by atoms with E-state index >= 15 is 0 Å². The Labute approximate surface area is 123 Å². The summed E-state index contributed by atoms with van der Waals surface area (Å²) in [5.74, 6) is 0.586. The van der Waals surface area contributed by atoms with Crippen molar-refractivity contribution in [2.75, 3.05) is 13.6 Å². The van der Waals surface area contributed by atoms with Crippen molar-refractivity contribution in [2.24, 2.45) is 5.92 Å². The number of aromatic amines is 1. The van der Waals surface area contributed by atoms with Gasteiger partial charge in [-0.05, 0) is 12.8 Å². The quantitative estimate of drug-likeness (QED) is 0.878. The van der Waals surface area contributed by atoms with E-state index < -0.39 is 0 Å². The second kappa shape index (κ2) is 5.83. The predicted molar refractivity (Wildman–Crippen MR) is 74.9 cm³/mol. The van der Waals surface area contributed by atoms with Crippen molar-refractivity contribution in [3.05, 3.63) is 12.2 Å². The first-order chi connectivity index (χ1) is 10.1. The summed E-state index contributed by atoms with van der Waals surface area (Å²) >= 11 is 0. The number of nitrogens with zero attached hydrogens (tertiary/aromatic N) is 4. The van der Waals surface area contributed by atoms with Gasteiger partial charge < -0.3 is 9.80 Å². The fraction of sp³-hybridized carbons (Fsp3) is 0.714. The molecule has 21 heavy (non-hydrogen) atoms. The molecule has 2 amide bonds. The predicted octanol–water partition coefficient (Wildman–Crippen LogP) is 0.554. The minimum atomic E-state index is -0.217. The fourth-order valence-corrected chi connectivity index (χ4v) is 3.39. The van der Waals surface area contributed by atoms with Crippen LogP contribution in [0.25, 0.3) is 0 Å². The highest BCUT2D eigenvalue weighted by molar-refractivity contribution is 5.89. The van der Waals surface area contributed by atoms with E-state index in [1.807, 2.05) is 4.90 Å². The molecule has 1 aromatic rings. The van der Waals surface area contributed by atoms with E-state index in [1.54, 1.807) is 11.9 Å². The Hall–Kier alpha value is -1.92. The molecular formula is C14H21N5O2. The lowest BCUT2D eigenvalue weighted by Gasteiger charge is -2.25. The number of hydrogen-bond donors (Lipinski definition) is 1. The third-order valence-corrected chi connectivity index (χ3v) is 4.50. The average molecular weight is 291 g/mol. The van der Waals surface area contributed by atoms with Crippen LogP contribution in [-0.2, 0) is 16.1 Å². The van der Waals surface area contributed by atoms with Crippen molar-refractivity contribution in [1.29, 1.82) is 0 Å². The molecule has 0 aromatic carbocycles. The van der Waals surface area contributed by atoms with Gasteiger partial charge in [-0.15, -0.1) is 0 Å². The smallest absolute Gasteiger partial charge is 0.228 e. The van der Waals surface area contributed by atoms with Gasteiger partial charge in [0.25, 0.3) is 0 Å². The maximum atomic E-state index is 12.5. The second-order valence-corrected chi connectivity index (χ2v) is 6.01. The zero-order valence-corrected chi connectivity index (χ0v) is 12.3. The lowest BCUT2D eigenvalue weighted by atomic mass is 10.1. The van der Waals surface area contributed by atoms with Gasteiger partial charge in [0.1, 0.15) is 12.2 Å². The van der Waals surface area contributed by atoms with Gasteiger partial charge in [0.15, 0.2) is 0 Å². The maximum Gasteiger partial charge on any atom is 0.228 e. The number of hydrogen-bond acceptors (Lipinski definition) is 4. The van der Waals surface area contributed by atoms with E-state index in [4.69, 9.17) is 0 Å². The Morgan fingerprint density at radius 3 is 2.90 bits per heavy atom. The molecule has 1 aliphatic carbocycles. The zero-order chi connectivity index (χ0) is 14.8. The highest BCUT2D eigenvalue weighted by atomic mass is 16.2. The van der Waals surface area contributed by atoms with Crippen molar-refractivity contribution in [3.8, 4) is 0 Å². The highest BCUT2D eigenvalue weighted by Crippen LogP contribution is 2.30. The lowest BCUT2D eigenvalue weighted by molar-refractivity contribution is -0.135. The topological polar surface area (TPSA) is 82.2 Å². The summed E-state index contributed by atoms with van der Waals surface area (Å²) in [6, 6.07) is 0.356. The number of aromatic nitrogens is 3. The first-order valence-electron chi connectivity index (χ1n) is 7.54. The molecule has 1 saturated heterocycles. The van der Waals surface area contributed by atoms with Crippen LogP contribution >= 0.6 is 0 Å². The first-order valence-corrected chi connectivity index (χ1v) is 7.54. The molecule has 0 spiro atoms. The van der Waals surface area contributed by atoms with Gasteiger partial charge in [0.05, 0.1) is 12.5 Å². The molecule has 2 heterocycles. The summed E-state index contributed by atoms with van der Waals surface area (Å²) in [6.07, 6.45) is 6.32. The van der Waals surface area contributed by atoms with E-state index in [-0.39, 0.29) is 17.7 Å². The summed E-state index contributed by atoms with van der Waals surface area (Å²) in [5, 5.41) is 6.52. The normalized spacial score (nSPS) is 23.0. The van der Waals surface area contributed by atoms with Crippen molar-refractivity contribution in [2.45, 2.75) is 44.7 Å². The van der Waals surface area contributed by atoms with Crippen LogP contribution in [0.4, 0.5) is 0 Å². The van der Waals surface area contributed by atoms with Crippen LogP contribution in [0, 0.1) is 5.92 Å². The number of amides is 2. The summed E-state index contributed by atoms with van der Waals surface area (Å²) in [6.45, 7) is 0.968. The summed E-state index contributed by atoms with van der Waals surface area (Å²) in [5.41, 5.74) is 0. The van der Waals surface area contributed by atoms with Gasteiger partial charge in [0, 0.05) is 26.1 Å². The summed E-state index contributed by atoms with van der Waals surface area (Å²) < 4.78 is 0. The Morgan fingerprint density at radius 1 is 1.48 bits per heavy atom.